The van der Waals surface area contributed by atoms with Crippen LogP contribution < -0.4 is 4.74 Å². The van der Waals surface area contributed by atoms with Gasteiger partial charge in [-0.05, 0) is 31.0 Å². The van der Waals surface area contributed by atoms with E-state index in [1.807, 2.05) is 24.3 Å². The Balaban J connectivity index is 2.61. The summed E-state index contributed by atoms with van der Waals surface area (Å²) in [6.45, 7) is 5.38. The molecule has 0 saturated carbocycles. The first-order valence-corrected chi connectivity index (χ1v) is 8.67. The predicted molar refractivity (Wildman–Crippen MR) is 94.1 cm³/mol. The molecule has 1 aromatic rings. The molecule has 0 N–H and O–H groups in total. The van der Waals surface area contributed by atoms with Gasteiger partial charge in [-0.25, -0.2) is 0 Å². The Bertz CT molecular complexity index is 499. The lowest BCUT2D eigenvalue weighted by atomic mass is 10.1. The number of hydrogen-bond donors (Lipinski definition) is 0. The van der Waals surface area contributed by atoms with Gasteiger partial charge >= 0.3 is 5.97 Å². The highest BCUT2D eigenvalue weighted by atomic mass is 16.5. The molecule has 0 aliphatic heterocycles. The number of carbonyl (C=O) groups is 2. The fourth-order valence-corrected chi connectivity index (χ4v) is 2.40. The van der Waals surface area contributed by atoms with E-state index >= 15 is 0 Å². The molecule has 5 nitrogen and oxygen atoms in total. The molecule has 0 spiro atoms. The zero-order valence-corrected chi connectivity index (χ0v) is 15.0. The van der Waals surface area contributed by atoms with Crippen molar-refractivity contribution in [2.75, 3.05) is 26.8 Å². The van der Waals surface area contributed by atoms with Crippen molar-refractivity contribution in [2.45, 2.75) is 46.0 Å². The molecule has 0 atom stereocenters. The van der Waals surface area contributed by atoms with Crippen LogP contribution in [0.25, 0.3) is 0 Å². The average Bonchev–Trinajstić information content (AvgIpc) is 2.58. The lowest BCUT2D eigenvalue weighted by Crippen LogP contribution is -2.35. The molecule has 5 heteroatoms. The number of benzene rings is 1. The first-order valence-electron chi connectivity index (χ1n) is 8.67. The van der Waals surface area contributed by atoms with Gasteiger partial charge in [-0.3, -0.25) is 9.59 Å². The number of nitrogens with zero attached hydrogens (tertiary/aromatic N) is 1. The molecular weight excluding hydrogens is 306 g/mol. The van der Waals surface area contributed by atoms with Gasteiger partial charge < -0.3 is 14.4 Å². The van der Waals surface area contributed by atoms with Crippen molar-refractivity contribution in [3.63, 3.8) is 0 Å². The quantitative estimate of drug-likeness (QED) is 0.460. The maximum atomic E-state index is 12.6. The molecule has 0 aliphatic rings. The van der Waals surface area contributed by atoms with Gasteiger partial charge in [-0.2, -0.15) is 0 Å². The fourth-order valence-electron chi connectivity index (χ4n) is 2.40. The van der Waals surface area contributed by atoms with Crippen LogP contribution in [0.3, 0.4) is 0 Å². The van der Waals surface area contributed by atoms with E-state index in [1.165, 1.54) is 0 Å². The van der Waals surface area contributed by atoms with Crippen molar-refractivity contribution in [1.82, 2.24) is 4.90 Å². The van der Waals surface area contributed by atoms with Crippen molar-refractivity contribution < 1.29 is 19.1 Å². The van der Waals surface area contributed by atoms with Crippen molar-refractivity contribution >= 4 is 11.9 Å². The summed E-state index contributed by atoms with van der Waals surface area (Å²) in [5, 5.41) is 0. The standard InChI is InChI=1S/C19H29NO4/c1-4-6-7-13-20(14-12-19(22)24-5-2)18(21)15-16-8-10-17(23-3)11-9-16/h8-11H,4-7,12-15H2,1-3H3. The van der Waals surface area contributed by atoms with Gasteiger partial charge in [-0.15, -0.1) is 0 Å². The summed E-state index contributed by atoms with van der Waals surface area (Å²) < 4.78 is 10.1. The maximum Gasteiger partial charge on any atom is 0.307 e. The van der Waals surface area contributed by atoms with Gasteiger partial charge in [0.25, 0.3) is 0 Å². The van der Waals surface area contributed by atoms with Crippen LogP contribution >= 0.6 is 0 Å². The molecule has 1 amide bonds. The molecule has 1 aromatic carbocycles. The smallest absolute Gasteiger partial charge is 0.307 e. The Hall–Kier alpha value is -2.04. The van der Waals surface area contributed by atoms with Gasteiger partial charge in [0.05, 0.1) is 26.6 Å². The van der Waals surface area contributed by atoms with E-state index in [0.717, 1.165) is 30.6 Å². The van der Waals surface area contributed by atoms with E-state index in [2.05, 4.69) is 6.92 Å². The maximum absolute atomic E-state index is 12.6. The molecule has 0 aromatic heterocycles. The molecule has 0 fully saturated rings. The normalized spacial score (nSPS) is 10.3. The number of hydrogen-bond acceptors (Lipinski definition) is 4. The monoisotopic (exact) mass is 335 g/mol. The molecular formula is C19H29NO4. The van der Waals surface area contributed by atoms with E-state index in [1.54, 1.807) is 18.9 Å². The van der Waals surface area contributed by atoms with E-state index in [0.29, 0.717) is 26.1 Å². The summed E-state index contributed by atoms with van der Waals surface area (Å²) in [7, 11) is 1.62. The van der Waals surface area contributed by atoms with E-state index in [-0.39, 0.29) is 18.3 Å². The van der Waals surface area contributed by atoms with E-state index in [4.69, 9.17) is 9.47 Å². The van der Waals surface area contributed by atoms with Crippen molar-refractivity contribution in [2.24, 2.45) is 0 Å². The first kappa shape index (κ1) is 20.0. The van der Waals surface area contributed by atoms with Crippen LogP contribution in [-0.4, -0.2) is 43.6 Å². The van der Waals surface area contributed by atoms with Crippen molar-refractivity contribution in [1.29, 1.82) is 0 Å². The Kier molecular flexibility index (Phi) is 9.58. The van der Waals surface area contributed by atoms with Crippen LogP contribution in [0.4, 0.5) is 0 Å². The van der Waals surface area contributed by atoms with Crippen LogP contribution in [0.1, 0.15) is 45.1 Å². The molecule has 134 valence electrons. The number of unbranched alkanes of at least 4 members (excludes halogenated alkanes) is 2. The molecule has 0 heterocycles. The van der Waals surface area contributed by atoms with Crippen LogP contribution in [0.2, 0.25) is 0 Å². The predicted octanol–water partition coefficient (Wildman–Crippen LogP) is 3.21. The summed E-state index contributed by atoms with van der Waals surface area (Å²) in [5.41, 5.74) is 0.942. The van der Waals surface area contributed by atoms with Gasteiger partial charge in [0.15, 0.2) is 0 Å². The molecule has 24 heavy (non-hydrogen) atoms. The third-order valence-corrected chi connectivity index (χ3v) is 3.79. The Labute approximate surface area is 144 Å². The highest BCUT2D eigenvalue weighted by Gasteiger charge is 2.15. The number of methoxy groups -OCH3 is 1. The van der Waals surface area contributed by atoms with Gasteiger partial charge in [0.1, 0.15) is 5.75 Å². The fraction of sp³-hybridized carbons (Fsp3) is 0.579. The zero-order chi connectivity index (χ0) is 17.8. The Morgan fingerprint density at radius 1 is 1.04 bits per heavy atom. The summed E-state index contributed by atoms with van der Waals surface area (Å²) in [6.07, 6.45) is 3.70. The number of carbonyl (C=O) groups excluding carboxylic acids is 2. The minimum atomic E-state index is -0.254. The average molecular weight is 335 g/mol. The summed E-state index contributed by atoms with van der Waals surface area (Å²) >= 11 is 0. The van der Waals surface area contributed by atoms with E-state index < -0.39 is 0 Å². The third-order valence-electron chi connectivity index (χ3n) is 3.79. The molecule has 0 unspecified atom stereocenters. The summed E-state index contributed by atoms with van der Waals surface area (Å²) in [5.74, 6) is 0.559. The number of esters is 1. The second-order valence-electron chi connectivity index (χ2n) is 5.67. The summed E-state index contributed by atoms with van der Waals surface area (Å²) in [6, 6.07) is 7.49. The van der Waals surface area contributed by atoms with Gasteiger partial charge in [0, 0.05) is 13.1 Å². The topological polar surface area (TPSA) is 55.8 Å². The van der Waals surface area contributed by atoms with Crippen LogP contribution in [0, 0.1) is 0 Å². The lowest BCUT2D eigenvalue weighted by Gasteiger charge is -2.22. The molecule has 1 rings (SSSR count). The second kappa shape index (κ2) is 11.5. The van der Waals surface area contributed by atoms with E-state index in [9.17, 15) is 9.59 Å². The largest absolute Gasteiger partial charge is 0.497 e. The minimum absolute atomic E-state index is 0.0422. The number of ether oxygens (including phenoxy) is 2. The second-order valence-corrected chi connectivity index (χ2v) is 5.67. The van der Waals surface area contributed by atoms with Gasteiger partial charge in [-0.1, -0.05) is 31.9 Å². The van der Waals surface area contributed by atoms with Crippen LogP contribution in [0.15, 0.2) is 24.3 Å². The van der Waals surface area contributed by atoms with Crippen LogP contribution in [-0.2, 0) is 20.7 Å². The highest BCUT2D eigenvalue weighted by Crippen LogP contribution is 2.13. The lowest BCUT2D eigenvalue weighted by molar-refractivity contribution is -0.144. The Morgan fingerprint density at radius 3 is 2.33 bits per heavy atom. The first-order chi connectivity index (χ1) is 11.6. The molecule has 0 bridgehead atoms. The minimum Gasteiger partial charge on any atom is -0.497 e. The Morgan fingerprint density at radius 2 is 1.75 bits per heavy atom. The van der Waals surface area contributed by atoms with Crippen molar-refractivity contribution in [3.05, 3.63) is 29.8 Å². The SMILES string of the molecule is CCCCCN(CCC(=O)OCC)C(=O)Cc1ccc(OC)cc1. The summed E-state index contributed by atoms with van der Waals surface area (Å²) in [4.78, 5) is 25.9. The number of rotatable bonds is 11. The van der Waals surface area contributed by atoms with Gasteiger partial charge in [0.2, 0.25) is 5.91 Å². The van der Waals surface area contributed by atoms with Crippen LogP contribution in [0.5, 0.6) is 5.75 Å². The molecule has 0 aliphatic carbocycles. The third kappa shape index (κ3) is 7.49. The van der Waals surface area contributed by atoms with Crippen molar-refractivity contribution in [3.8, 4) is 5.75 Å². The molecule has 0 saturated heterocycles. The molecule has 0 radical (unpaired) electrons. The number of amides is 1. The zero-order valence-electron chi connectivity index (χ0n) is 15.0. The highest BCUT2D eigenvalue weighted by molar-refractivity contribution is 5.79.